The van der Waals surface area contributed by atoms with E-state index in [9.17, 15) is 4.79 Å². The van der Waals surface area contributed by atoms with Gasteiger partial charge < -0.3 is 0 Å². The Morgan fingerprint density at radius 2 is 1.72 bits per heavy atom. The second-order valence-electron chi connectivity index (χ2n) is 7.10. The maximum atomic E-state index is 12.6. The summed E-state index contributed by atoms with van der Waals surface area (Å²) in [7, 11) is 0. The second kappa shape index (κ2) is 6.32. The first-order chi connectivity index (χ1) is 12.1. The highest BCUT2D eigenvalue weighted by Gasteiger charge is 2.30. The van der Waals surface area contributed by atoms with E-state index in [1.54, 1.807) is 6.20 Å². The summed E-state index contributed by atoms with van der Waals surface area (Å²) in [4.78, 5) is 12.6. The number of rotatable bonds is 3. The van der Waals surface area contributed by atoms with Gasteiger partial charge in [-0.05, 0) is 41.5 Å². The first-order valence-electron chi connectivity index (χ1n) is 8.89. The van der Waals surface area contributed by atoms with Crippen LogP contribution in [-0.2, 0) is 6.42 Å². The lowest BCUT2D eigenvalue weighted by atomic mass is 9.82. The van der Waals surface area contributed by atoms with Crippen LogP contribution in [0.1, 0.15) is 59.3 Å². The normalized spacial score (nSPS) is 16.9. The fraction of sp³-hybridized carbons (Fsp3) is 0.273. The average molecular weight is 330 g/mol. The molecule has 0 radical (unpaired) electrons. The molecule has 0 saturated carbocycles. The number of hydrogen-bond donors (Lipinski definition) is 0. The van der Waals surface area contributed by atoms with Crippen LogP contribution >= 0.6 is 0 Å². The molecule has 0 saturated heterocycles. The van der Waals surface area contributed by atoms with Crippen LogP contribution in [0.3, 0.4) is 0 Å². The van der Waals surface area contributed by atoms with Gasteiger partial charge in [0.05, 0.1) is 23.1 Å². The lowest BCUT2D eigenvalue weighted by Gasteiger charge is -2.23. The Bertz CT molecular complexity index is 892. The van der Waals surface area contributed by atoms with Crippen molar-refractivity contribution in [3.63, 3.8) is 0 Å². The maximum Gasteiger partial charge on any atom is 0.166 e. The number of fused-ring (bicyclic) bond motifs is 1. The Morgan fingerprint density at radius 3 is 2.40 bits per heavy atom. The summed E-state index contributed by atoms with van der Waals surface area (Å²) in [5.74, 6) is 0.940. The smallest absolute Gasteiger partial charge is 0.166 e. The predicted octanol–water partition coefficient (Wildman–Crippen LogP) is 4.91. The number of ketones is 1. The Labute approximate surface area is 148 Å². The van der Waals surface area contributed by atoms with Crippen molar-refractivity contribution in [2.45, 2.75) is 38.5 Å². The number of hydrogen-bond acceptors (Lipinski definition) is 2. The molecule has 4 rings (SSSR count). The molecule has 0 fully saturated rings. The van der Waals surface area contributed by atoms with Gasteiger partial charge >= 0.3 is 0 Å². The Kier molecular flexibility index (Phi) is 4.00. The standard InChI is InChI=1S/C22H22N2O/c1-15(2)16-8-10-17(11-9-16)18-12-21-20(22(25)13-18)14-23-24(21)19-6-4-3-5-7-19/h3-11,14-15,18H,12-13H2,1-2H3. The van der Waals surface area contributed by atoms with Crippen LogP contribution < -0.4 is 0 Å². The zero-order valence-electron chi connectivity index (χ0n) is 14.6. The number of benzene rings is 2. The summed E-state index contributed by atoms with van der Waals surface area (Å²) in [6.45, 7) is 4.40. The molecule has 1 atom stereocenters. The highest BCUT2D eigenvalue weighted by Crippen LogP contribution is 2.34. The van der Waals surface area contributed by atoms with Gasteiger partial charge in [-0.2, -0.15) is 5.10 Å². The fourth-order valence-corrected chi connectivity index (χ4v) is 3.62. The van der Waals surface area contributed by atoms with Crippen molar-refractivity contribution < 1.29 is 4.79 Å². The Hall–Kier alpha value is -2.68. The van der Waals surface area contributed by atoms with E-state index >= 15 is 0 Å². The molecule has 1 heterocycles. The molecule has 3 nitrogen and oxygen atoms in total. The molecule has 1 aliphatic rings. The van der Waals surface area contributed by atoms with Gasteiger partial charge in [0, 0.05) is 6.42 Å². The minimum absolute atomic E-state index is 0.196. The van der Waals surface area contributed by atoms with Crippen molar-refractivity contribution in [3.05, 3.63) is 83.2 Å². The third kappa shape index (κ3) is 2.91. The number of aromatic nitrogens is 2. The summed E-state index contributed by atoms with van der Waals surface area (Å²) < 4.78 is 1.92. The van der Waals surface area contributed by atoms with Crippen LogP contribution in [0.4, 0.5) is 0 Å². The minimum atomic E-state index is 0.196. The SMILES string of the molecule is CC(C)c1ccc(C2CC(=O)c3cnn(-c4ccccc4)c3C2)cc1. The summed E-state index contributed by atoms with van der Waals surface area (Å²) in [6, 6.07) is 18.8. The van der Waals surface area contributed by atoms with Crippen molar-refractivity contribution >= 4 is 5.78 Å². The highest BCUT2D eigenvalue weighted by molar-refractivity contribution is 5.98. The van der Waals surface area contributed by atoms with Crippen LogP contribution in [0.5, 0.6) is 0 Å². The molecule has 0 bridgehead atoms. The third-order valence-corrected chi connectivity index (χ3v) is 5.12. The van der Waals surface area contributed by atoms with Gasteiger partial charge in [0.1, 0.15) is 0 Å². The summed E-state index contributed by atoms with van der Waals surface area (Å²) >= 11 is 0. The van der Waals surface area contributed by atoms with E-state index in [1.807, 2.05) is 35.0 Å². The van der Waals surface area contributed by atoms with Gasteiger partial charge in [-0.1, -0.05) is 56.3 Å². The first-order valence-corrected chi connectivity index (χ1v) is 8.89. The summed E-state index contributed by atoms with van der Waals surface area (Å²) in [6.07, 6.45) is 3.13. The molecule has 25 heavy (non-hydrogen) atoms. The van der Waals surface area contributed by atoms with E-state index in [2.05, 4.69) is 43.2 Å². The lowest BCUT2D eigenvalue weighted by Crippen LogP contribution is -2.20. The van der Waals surface area contributed by atoms with E-state index in [1.165, 1.54) is 11.1 Å². The maximum absolute atomic E-state index is 12.6. The van der Waals surface area contributed by atoms with Crippen LogP contribution in [0, 0.1) is 0 Å². The van der Waals surface area contributed by atoms with E-state index in [4.69, 9.17) is 0 Å². The third-order valence-electron chi connectivity index (χ3n) is 5.12. The molecule has 0 aliphatic heterocycles. The van der Waals surface area contributed by atoms with Crippen molar-refractivity contribution in [1.29, 1.82) is 0 Å². The quantitative estimate of drug-likeness (QED) is 0.684. The lowest BCUT2D eigenvalue weighted by molar-refractivity contribution is 0.0963. The predicted molar refractivity (Wildman–Crippen MR) is 99.5 cm³/mol. The Morgan fingerprint density at radius 1 is 1.00 bits per heavy atom. The molecular weight excluding hydrogens is 308 g/mol. The topological polar surface area (TPSA) is 34.9 Å². The van der Waals surface area contributed by atoms with Crippen LogP contribution in [0.2, 0.25) is 0 Å². The molecular formula is C22H22N2O. The largest absolute Gasteiger partial charge is 0.294 e. The fourth-order valence-electron chi connectivity index (χ4n) is 3.62. The zero-order chi connectivity index (χ0) is 17.4. The van der Waals surface area contributed by atoms with Crippen molar-refractivity contribution in [3.8, 4) is 5.69 Å². The monoisotopic (exact) mass is 330 g/mol. The summed E-state index contributed by atoms with van der Waals surface area (Å²) in [5.41, 5.74) is 5.39. The molecule has 1 unspecified atom stereocenters. The molecule has 126 valence electrons. The van der Waals surface area contributed by atoms with E-state index in [0.29, 0.717) is 12.3 Å². The van der Waals surface area contributed by atoms with Crippen LogP contribution in [0.25, 0.3) is 5.69 Å². The number of nitrogens with zero attached hydrogens (tertiary/aromatic N) is 2. The van der Waals surface area contributed by atoms with Gasteiger partial charge in [-0.25, -0.2) is 4.68 Å². The molecule has 1 aromatic heterocycles. The minimum Gasteiger partial charge on any atom is -0.294 e. The van der Waals surface area contributed by atoms with Gasteiger partial charge in [0.15, 0.2) is 5.78 Å². The molecule has 2 aromatic carbocycles. The average Bonchev–Trinajstić information content (AvgIpc) is 3.07. The van der Waals surface area contributed by atoms with Gasteiger partial charge in [0.25, 0.3) is 0 Å². The highest BCUT2D eigenvalue weighted by atomic mass is 16.1. The number of carbonyl (C=O) groups excluding carboxylic acids is 1. The van der Waals surface area contributed by atoms with E-state index in [0.717, 1.165) is 23.4 Å². The number of Topliss-reactive ketones (excluding diaryl/α,β-unsaturated/α-hetero) is 1. The van der Waals surface area contributed by atoms with Crippen molar-refractivity contribution in [2.24, 2.45) is 0 Å². The molecule has 3 heteroatoms. The van der Waals surface area contributed by atoms with Crippen molar-refractivity contribution in [1.82, 2.24) is 9.78 Å². The summed E-state index contributed by atoms with van der Waals surface area (Å²) in [5, 5.41) is 4.48. The van der Waals surface area contributed by atoms with Crippen LogP contribution in [0.15, 0.2) is 60.8 Å². The second-order valence-corrected chi connectivity index (χ2v) is 7.10. The Balaban J connectivity index is 1.68. The van der Waals surface area contributed by atoms with Crippen molar-refractivity contribution in [2.75, 3.05) is 0 Å². The molecule has 3 aromatic rings. The zero-order valence-corrected chi connectivity index (χ0v) is 14.6. The molecule has 0 amide bonds. The van der Waals surface area contributed by atoms with E-state index in [-0.39, 0.29) is 11.7 Å². The molecule has 1 aliphatic carbocycles. The molecule has 0 N–H and O–H groups in total. The molecule has 0 spiro atoms. The number of carbonyl (C=O) groups is 1. The van der Waals surface area contributed by atoms with Gasteiger partial charge in [-0.3, -0.25) is 4.79 Å². The van der Waals surface area contributed by atoms with Crippen LogP contribution in [-0.4, -0.2) is 15.6 Å². The van der Waals surface area contributed by atoms with Gasteiger partial charge in [-0.15, -0.1) is 0 Å². The first kappa shape index (κ1) is 15.8. The van der Waals surface area contributed by atoms with E-state index < -0.39 is 0 Å². The number of para-hydroxylation sites is 1. The van der Waals surface area contributed by atoms with Gasteiger partial charge in [0.2, 0.25) is 0 Å².